The lowest BCUT2D eigenvalue weighted by molar-refractivity contribution is -0.140. The predicted molar refractivity (Wildman–Crippen MR) is 63.7 cm³/mol. The summed E-state index contributed by atoms with van der Waals surface area (Å²) in [6, 6.07) is 0. The maximum Gasteiger partial charge on any atom is 0.325 e. The molecule has 0 spiro atoms. The van der Waals surface area contributed by atoms with Gasteiger partial charge in [0.1, 0.15) is 25.5 Å². The highest BCUT2D eigenvalue weighted by Crippen LogP contribution is 2.02. The van der Waals surface area contributed by atoms with Gasteiger partial charge < -0.3 is 25.3 Å². The van der Waals surface area contributed by atoms with E-state index in [4.69, 9.17) is 20.4 Å². The molecule has 0 amide bonds. The summed E-state index contributed by atoms with van der Waals surface area (Å²) >= 11 is 0. The molecule has 0 unspecified atom stereocenters. The number of aliphatic imine (C=N–C) groups is 1. The first-order chi connectivity index (χ1) is 9.22. The molecule has 0 aromatic heterocycles. The van der Waals surface area contributed by atoms with Crippen LogP contribution in [0.4, 0.5) is 0 Å². The van der Waals surface area contributed by atoms with E-state index in [1.165, 1.54) is 0 Å². The van der Waals surface area contributed by atoms with Gasteiger partial charge in [-0.15, -0.1) is 0 Å². The van der Waals surface area contributed by atoms with Crippen LogP contribution < -0.4 is 0 Å². The highest BCUT2D eigenvalue weighted by atomic mass is 16.4. The molecule has 10 heteroatoms. The molecule has 0 heterocycles. The van der Waals surface area contributed by atoms with Crippen LogP contribution in [0.1, 0.15) is 12.8 Å². The van der Waals surface area contributed by atoms with Crippen LogP contribution in [0.2, 0.25) is 0 Å². The predicted octanol–water partition coefficient (Wildman–Crippen LogP) is -1.19. The van der Waals surface area contributed by atoms with E-state index in [-0.39, 0.29) is 12.3 Å². The quantitative estimate of drug-likeness (QED) is 0.301. The SMILES string of the molecule is O=C(O)CCC(=NCC(=O)O)N(CC(=O)O)CC(=O)O. The smallest absolute Gasteiger partial charge is 0.325 e. The monoisotopic (exact) mass is 290 g/mol. The molecule has 0 aromatic carbocycles. The van der Waals surface area contributed by atoms with Crippen molar-refractivity contribution in [2.45, 2.75) is 12.8 Å². The molecule has 0 aliphatic carbocycles. The number of amidine groups is 1. The molecule has 112 valence electrons. The Morgan fingerprint density at radius 1 is 0.750 bits per heavy atom. The molecular weight excluding hydrogens is 276 g/mol. The standard InChI is InChI=1S/C10H14N2O8/c13-7(14)2-1-6(11-3-8(15)16)12(4-9(17)18)5-10(19)20/h1-5H2,(H,13,14)(H,15,16)(H,17,18)(H,19,20). The lowest BCUT2D eigenvalue weighted by atomic mass is 10.2. The largest absolute Gasteiger partial charge is 0.481 e. The summed E-state index contributed by atoms with van der Waals surface area (Å²) < 4.78 is 0. The number of carboxylic acids is 4. The van der Waals surface area contributed by atoms with E-state index in [1.807, 2.05) is 0 Å². The van der Waals surface area contributed by atoms with Gasteiger partial charge in [-0.05, 0) is 0 Å². The van der Waals surface area contributed by atoms with E-state index in [0.29, 0.717) is 0 Å². The van der Waals surface area contributed by atoms with Crippen molar-refractivity contribution >= 4 is 29.7 Å². The van der Waals surface area contributed by atoms with Crippen molar-refractivity contribution in [3.05, 3.63) is 0 Å². The van der Waals surface area contributed by atoms with Gasteiger partial charge in [-0.1, -0.05) is 0 Å². The van der Waals surface area contributed by atoms with Crippen molar-refractivity contribution in [2.24, 2.45) is 4.99 Å². The topological polar surface area (TPSA) is 165 Å². The van der Waals surface area contributed by atoms with Crippen molar-refractivity contribution in [3.63, 3.8) is 0 Å². The highest BCUT2D eigenvalue weighted by molar-refractivity contribution is 5.91. The second-order valence-electron chi connectivity index (χ2n) is 3.66. The van der Waals surface area contributed by atoms with E-state index in [1.54, 1.807) is 0 Å². The Hall–Kier alpha value is -2.65. The minimum atomic E-state index is -1.34. The lowest BCUT2D eigenvalue weighted by Crippen LogP contribution is -2.40. The van der Waals surface area contributed by atoms with Gasteiger partial charge in [0.2, 0.25) is 0 Å². The molecule has 0 radical (unpaired) electrons. The van der Waals surface area contributed by atoms with Gasteiger partial charge in [0.05, 0.1) is 6.42 Å². The summed E-state index contributed by atoms with van der Waals surface area (Å²) in [5.41, 5.74) is 0. The Morgan fingerprint density at radius 2 is 1.25 bits per heavy atom. The van der Waals surface area contributed by atoms with Crippen LogP contribution in [0.3, 0.4) is 0 Å². The van der Waals surface area contributed by atoms with E-state index >= 15 is 0 Å². The second-order valence-corrected chi connectivity index (χ2v) is 3.66. The fourth-order valence-corrected chi connectivity index (χ4v) is 1.28. The van der Waals surface area contributed by atoms with Crippen molar-refractivity contribution in [1.29, 1.82) is 0 Å². The molecule has 0 aliphatic rings. The number of aliphatic carboxylic acids is 4. The second kappa shape index (κ2) is 8.45. The maximum atomic E-state index is 10.6. The van der Waals surface area contributed by atoms with Gasteiger partial charge in [-0.2, -0.15) is 0 Å². The third kappa shape index (κ3) is 8.44. The Labute approximate surface area is 113 Å². The molecule has 0 rings (SSSR count). The van der Waals surface area contributed by atoms with Crippen molar-refractivity contribution in [3.8, 4) is 0 Å². The number of rotatable bonds is 9. The lowest BCUT2D eigenvalue weighted by Gasteiger charge is -2.22. The zero-order chi connectivity index (χ0) is 15.7. The molecule has 0 fully saturated rings. The normalized spacial score (nSPS) is 10.9. The average molecular weight is 290 g/mol. The first-order valence-electron chi connectivity index (χ1n) is 5.37. The van der Waals surface area contributed by atoms with Crippen LogP contribution >= 0.6 is 0 Å². The number of carbonyl (C=O) groups is 4. The first-order valence-corrected chi connectivity index (χ1v) is 5.37. The van der Waals surface area contributed by atoms with Gasteiger partial charge in [0.15, 0.2) is 0 Å². The highest BCUT2D eigenvalue weighted by Gasteiger charge is 2.19. The van der Waals surface area contributed by atoms with Gasteiger partial charge in [0.25, 0.3) is 0 Å². The van der Waals surface area contributed by atoms with Crippen LogP contribution in [0.5, 0.6) is 0 Å². The summed E-state index contributed by atoms with van der Waals surface area (Å²) in [7, 11) is 0. The van der Waals surface area contributed by atoms with E-state index in [0.717, 1.165) is 4.90 Å². The zero-order valence-electron chi connectivity index (χ0n) is 10.4. The van der Waals surface area contributed by atoms with Crippen molar-refractivity contribution in [2.75, 3.05) is 19.6 Å². The number of hydrogen-bond donors (Lipinski definition) is 4. The van der Waals surface area contributed by atoms with Gasteiger partial charge in [-0.25, -0.2) is 0 Å². The average Bonchev–Trinajstić information content (AvgIpc) is 2.26. The Morgan fingerprint density at radius 3 is 1.60 bits per heavy atom. The summed E-state index contributed by atoms with van der Waals surface area (Å²) in [4.78, 5) is 46.6. The van der Waals surface area contributed by atoms with E-state index in [9.17, 15) is 19.2 Å². The number of nitrogens with zero attached hydrogens (tertiary/aromatic N) is 2. The molecule has 0 atom stereocenters. The van der Waals surface area contributed by atoms with Gasteiger partial charge in [0, 0.05) is 6.42 Å². The number of carboxylic acid groups (broad SMARTS) is 4. The molecule has 0 bridgehead atoms. The van der Waals surface area contributed by atoms with Gasteiger partial charge >= 0.3 is 23.9 Å². The number of hydrogen-bond acceptors (Lipinski definition) is 5. The molecule has 20 heavy (non-hydrogen) atoms. The molecule has 0 saturated carbocycles. The summed E-state index contributed by atoms with van der Waals surface area (Å²) in [6.07, 6.45) is -0.683. The summed E-state index contributed by atoms with van der Waals surface area (Å²) in [5, 5.41) is 34.4. The fraction of sp³-hybridized carbons (Fsp3) is 0.500. The van der Waals surface area contributed by atoms with Gasteiger partial charge in [-0.3, -0.25) is 24.2 Å². The van der Waals surface area contributed by atoms with E-state index in [2.05, 4.69) is 4.99 Å². The zero-order valence-corrected chi connectivity index (χ0v) is 10.4. The first kappa shape index (κ1) is 17.4. The van der Waals surface area contributed by atoms with Crippen LogP contribution in [0.15, 0.2) is 4.99 Å². The molecule has 0 saturated heterocycles. The Kier molecular flexibility index (Phi) is 7.33. The molecular formula is C10H14N2O8. The minimum Gasteiger partial charge on any atom is -0.481 e. The molecule has 0 aromatic rings. The van der Waals surface area contributed by atoms with Crippen molar-refractivity contribution in [1.82, 2.24) is 4.90 Å². The van der Waals surface area contributed by atoms with Crippen LogP contribution in [-0.2, 0) is 19.2 Å². The minimum absolute atomic E-state index is 0.181. The Bertz CT molecular complexity index is 415. The van der Waals surface area contributed by atoms with Crippen LogP contribution in [0, 0.1) is 0 Å². The third-order valence-electron chi connectivity index (χ3n) is 1.98. The molecule has 4 N–H and O–H groups in total. The molecule has 10 nitrogen and oxygen atoms in total. The summed E-state index contributed by atoms with van der Waals surface area (Å²) in [6.45, 7) is -2.14. The third-order valence-corrected chi connectivity index (χ3v) is 1.98. The van der Waals surface area contributed by atoms with Crippen LogP contribution in [0.25, 0.3) is 0 Å². The fourth-order valence-electron chi connectivity index (χ4n) is 1.28. The maximum absolute atomic E-state index is 10.6. The molecule has 0 aliphatic heterocycles. The Balaban J connectivity index is 5.09. The van der Waals surface area contributed by atoms with Crippen LogP contribution in [-0.4, -0.2) is 74.7 Å². The van der Waals surface area contributed by atoms with Crippen molar-refractivity contribution < 1.29 is 39.6 Å². The summed E-state index contributed by atoms with van der Waals surface area (Å²) in [5.74, 6) is -5.36. The van der Waals surface area contributed by atoms with E-state index < -0.39 is 49.9 Å².